The van der Waals surface area contributed by atoms with Gasteiger partial charge in [-0.2, -0.15) is 0 Å². The van der Waals surface area contributed by atoms with Crippen molar-refractivity contribution in [3.8, 4) is 5.75 Å². The van der Waals surface area contributed by atoms with Crippen LogP contribution in [0.5, 0.6) is 5.75 Å². The fourth-order valence-corrected chi connectivity index (χ4v) is 2.47. The van der Waals surface area contributed by atoms with E-state index in [4.69, 9.17) is 0 Å². The van der Waals surface area contributed by atoms with Gasteiger partial charge in [-0.25, -0.2) is 0 Å². The number of aromatic hydroxyl groups is 1. The summed E-state index contributed by atoms with van der Waals surface area (Å²) in [5.74, 6) is -0.387. The number of benzene rings is 1. The van der Waals surface area contributed by atoms with Crippen LogP contribution in [0, 0.1) is 0 Å². The normalized spacial score (nSPS) is 18.3. The van der Waals surface area contributed by atoms with E-state index in [2.05, 4.69) is 39.8 Å². The minimum Gasteiger partial charge on any atom is -0.507 e. The van der Waals surface area contributed by atoms with Crippen LogP contribution in [0.2, 0.25) is 0 Å². The van der Waals surface area contributed by atoms with Gasteiger partial charge in [0.05, 0.1) is 25.2 Å². The number of carbonyl (C=O) groups is 1. The van der Waals surface area contributed by atoms with Gasteiger partial charge >= 0.3 is 0 Å². The van der Waals surface area contributed by atoms with E-state index in [-0.39, 0.29) is 17.2 Å². The Hall–Kier alpha value is -1.53. The van der Waals surface area contributed by atoms with Gasteiger partial charge in [0, 0.05) is 16.6 Å². The summed E-state index contributed by atoms with van der Waals surface area (Å²) in [5.41, 5.74) is 6.81. The van der Waals surface area contributed by atoms with E-state index < -0.39 is 0 Å². The number of carbonyl (C=O) groups excluding carboxylic acids is 1. The van der Waals surface area contributed by atoms with E-state index in [9.17, 15) is 9.90 Å². The van der Waals surface area contributed by atoms with Crippen molar-refractivity contribution >= 4 is 21.8 Å². The van der Waals surface area contributed by atoms with E-state index in [1.165, 1.54) is 11.0 Å². The van der Waals surface area contributed by atoms with Crippen LogP contribution in [0.25, 0.3) is 0 Å². The molecule has 0 bridgehead atoms. The zero-order chi connectivity index (χ0) is 14.5. The molecule has 1 aliphatic heterocycles. The summed E-state index contributed by atoms with van der Waals surface area (Å²) in [5, 5.41) is 9.68. The molecule has 1 atom stereocenters. The van der Waals surface area contributed by atoms with Crippen molar-refractivity contribution in [1.29, 1.82) is 0 Å². The second-order valence-corrected chi connectivity index (χ2v) is 5.69. The molecular weight excluding hydrogens is 322 g/mol. The number of likely N-dealkylation sites (N-methyl/N-ethyl adjacent to an activating group) is 1. The molecule has 1 aromatic carbocycles. The Kier molecular flexibility index (Phi) is 5.03. The van der Waals surface area contributed by atoms with Gasteiger partial charge in [0.1, 0.15) is 5.75 Å². The van der Waals surface area contributed by atoms with Crippen molar-refractivity contribution in [2.75, 3.05) is 19.6 Å². The van der Waals surface area contributed by atoms with Crippen molar-refractivity contribution < 1.29 is 14.8 Å². The third-order valence-corrected chi connectivity index (χ3v) is 3.92. The molecule has 4 N–H and O–H groups in total. The molecule has 0 saturated carbocycles. The van der Waals surface area contributed by atoms with Crippen LogP contribution >= 0.6 is 15.9 Å². The molecule has 20 heavy (non-hydrogen) atoms. The second-order valence-electron chi connectivity index (χ2n) is 4.78. The molecule has 1 amide bonds. The predicted octanol–water partition coefficient (Wildman–Crippen LogP) is 0.581. The molecule has 0 radical (unpaired) electrons. The fourth-order valence-electron chi connectivity index (χ4n) is 2.11. The lowest BCUT2D eigenvalue weighted by Gasteiger charge is -2.23. The van der Waals surface area contributed by atoms with Crippen molar-refractivity contribution in [3.05, 3.63) is 40.0 Å². The van der Waals surface area contributed by atoms with Gasteiger partial charge in [0.25, 0.3) is 5.91 Å². The highest BCUT2D eigenvalue weighted by atomic mass is 79.9. The molecule has 108 valence electrons. The number of hydrogen-bond acceptors (Lipinski definition) is 3. The number of phenolic OH excluding ortho intramolecular Hbond substituents is 1. The van der Waals surface area contributed by atoms with Crippen molar-refractivity contribution in [2.24, 2.45) is 0 Å². The van der Waals surface area contributed by atoms with E-state index in [1.807, 2.05) is 0 Å². The smallest absolute Gasteiger partial charge is 0.273 e. The third-order valence-electron chi connectivity index (χ3n) is 3.42. The Labute approximate surface area is 126 Å². The van der Waals surface area contributed by atoms with Crippen molar-refractivity contribution in [2.45, 2.75) is 13.3 Å². The molecule has 0 saturated heterocycles. The number of hydrogen-bond donors (Lipinski definition) is 4. The number of phenols is 1. The number of rotatable bonds is 4. The van der Waals surface area contributed by atoms with Crippen LogP contribution in [0.4, 0.5) is 0 Å². The Bertz CT molecular complexity index is 531. The third kappa shape index (κ3) is 3.74. The van der Waals surface area contributed by atoms with Crippen molar-refractivity contribution in [3.63, 3.8) is 0 Å². The summed E-state index contributed by atoms with van der Waals surface area (Å²) in [6.07, 6.45) is 3.01. The molecule has 1 heterocycles. The number of nitrogens with one attached hydrogen (secondary N) is 3. The maximum Gasteiger partial charge on any atom is 0.273 e. The molecule has 0 spiro atoms. The van der Waals surface area contributed by atoms with Gasteiger partial charge in [-0.05, 0) is 31.2 Å². The lowest BCUT2D eigenvalue weighted by molar-refractivity contribution is -0.893. The summed E-state index contributed by atoms with van der Waals surface area (Å²) in [7, 11) is 0. The monoisotopic (exact) mass is 340 g/mol. The van der Waals surface area contributed by atoms with Crippen LogP contribution in [0.1, 0.15) is 23.7 Å². The molecule has 1 unspecified atom stereocenters. The lowest BCUT2D eigenvalue weighted by atomic mass is 10.2. The van der Waals surface area contributed by atoms with E-state index in [0.717, 1.165) is 36.2 Å². The van der Waals surface area contributed by atoms with E-state index in [1.54, 1.807) is 12.1 Å². The largest absolute Gasteiger partial charge is 0.507 e. The first-order chi connectivity index (χ1) is 9.60. The summed E-state index contributed by atoms with van der Waals surface area (Å²) in [6, 6.07) is 4.76. The summed E-state index contributed by atoms with van der Waals surface area (Å²) in [4.78, 5) is 13.5. The van der Waals surface area contributed by atoms with Gasteiger partial charge in [0.2, 0.25) is 0 Å². The summed E-state index contributed by atoms with van der Waals surface area (Å²) >= 11 is 3.28. The first kappa shape index (κ1) is 14.9. The highest BCUT2D eigenvalue weighted by molar-refractivity contribution is 9.10. The minimum atomic E-state index is -0.352. The summed E-state index contributed by atoms with van der Waals surface area (Å²) in [6.45, 7) is 5.31. The second kappa shape index (κ2) is 6.76. The quantitative estimate of drug-likeness (QED) is 0.606. The van der Waals surface area contributed by atoms with Crippen LogP contribution < -0.4 is 15.8 Å². The Balaban J connectivity index is 1.93. The zero-order valence-corrected chi connectivity index (χ0v) is 13.0. The molecular formula is C14H19BrN3O2+. The number of hydrazine groups is 1. The van der Waals surface area contributed by atoms with Gasteiger partial charge in [-0.3, -0.25) is 10.2 Å². The first-order valence-electron chi connectivity index (χ1n) is 6.67. The Morgan fingerprint density at radius 2 is 2.30 bits per heavy atom. The van der Waals surface area contributed by atoms with Crippen LogP contribution in [0.15, 0.2) is 34.4 Å². The van der Waals surface area contributed by atoms with E-state index >= 15 is 0 Å². The van der Waals surface area contributed by atoms with Gasteiger partial charge in [-0.15, -0.1) is 0 Å². The maximum atomic E-state index is 12.0. The number of quaternary nitrogens is 1. The van der Waals surface area contributed by atoms with E-state index in [0.29, 0.717) is 0 Å². The minimum absolute atomic E-state index is 0.0354. The van der Waals surface area contributed by atoms with Crippen LogP contribution in [-0.4, -0.2) is 30.6 Å². The highest BCUT2D eigenvalue weighted by Crippen LogP contribution is 2.21. The average Bonchev–Trinajstić information content (AvgIpc) is 2.47. The molecule has 1 aliphatic rings. The number of amides is 1. The van der Waals surface area contributed by atoms with Gasteiger partial charge in [-0.1, -0.05) is 15.9 Å². The molecule has 6 heteroatoms. The average molecular weight is 341 g/mol. The molecule has 0 aliphatic carbocycles. The standard InChI is InChI=1S/C14H18BrN3O2/c1-2-18-7-5-11(6-8-18)16-17-14(20)12-9-10(15)3-4-13(12)19/h3-5,9,16,19H,2,6-8H2,1H3,(H,17,20)/p+1. The summed E-state index contributed by atoms with van der Waals surface area (Å²) < 4.78 is 0.750. The predicted molar refractivity (Wildman–Crippen MR) is 80.3 cm³/mol. The molecule has 5 nitrogen and oxygen atoms in total. The highest BCUT2D eigenvalue weighted by Gasteiger charge is 2.15. The van der Waals surface area contributed by atoms with Crippen LogP contribution in [0.3, 0.4) is 0 Å². The molecule has 1 aromatic rings. The lowest BCUT2D eigenvalue weighted by Crippen LogP contribution is -3.12. The topological polar surface area (TPSA) is 65.8 Å². The molecule has 0 aromatic heterocycles. The van der Waals surface area contributed by atoms with Gasteiger partial charge < -0.3 is 15.4 Å². The Morgan fingerprint density at radius 3 is 2.95 bits per heavy atom. The Morgan fingerprint density at radius 1 is 1.50 bits per heavy atom. The number of halogens is 1. The molecule has 0 fully saturated rings. The molecule has 2 rings (SSSR count). The maximum absolute atomic E-state index is 12.0. The zero-order valence-electron chi connectivity index (χ0n) is 11.4. The van der Waals surface area contributed by atoms with Crippen molar-refractivity contribution in [1.82, 2.24) is 10.9 Å². The first-order valence-corrected chi connectivity index (χ1v) is 7.47. The van der Waals surface area contributed by atoms with Crippen LogP contribution in [-0.2, 0) is 0 Å². The van der Waals surface area contributed by atoms with Gasteiger partial charge in [0.15, 0.2) is 0 Å². The fraction of sp³-hybridized carbons (Fsp3) is 0.357. The SMILES string of the molecule is CC[NH+]1CC=C(NNC(=O)c2cc(Br)ccc2O)CC1.